The molecule has 1 aliphatic carbocycles. The fourth-order valence-corrected chi connectivity index (χ4v) is 2.20. The van der Waals surface area contributed by atoms with Gasteiger partial charge in [-0.05, 0) is 23.8 Å². The Morgan fingerprint density at radius 2 is 1.58 bits per heavy atom. The van der Waals surface area contributed by atoms with Gasteiger partial charge in [-0.3, -0.25) is 9.59 Å². The van der Waals surface area contributed by atoms with Gasteiger partial charge in [0.05, 0.1) is 0 Å². The first-order valence-electron chi connectivity index (χ1n) is 5.86. The summed E-state index contributed by atoms with van der Waals surface area (Å²) in [6.07, 6.45) is 1.33. The monoisotopic (exact) mass is 250 g/mol. The summed E-state index contributed by atoms with van der Waals surface area (Å²) in [4.78, 5) is 24.4. The molecule has 0 radical (unpaired) electrons. The predicted molar refractivity (Wildman–Crippen MR) is 71.2 cm³/mol. The second-order valence-corrected chi connectivity index (χ2v) is 4.35. The average Bonchev–Trinajstić information content (AvgIpc) is 2.43. The lowest BCUT2D eigenvalue weighted by Gasteiger charge is -2.15. The summed E-state index contributed by atoms with van der Waals surface area (Å²) in [5.74, 6) is -0.313. The molecule has 2 aromatic carbocycles. The first-order chi connectivity index (χ1) is 9.16. The van der Waals surface area contributed by atoms with Gasteiger partial charge in [0.15, 0.2) is 11.6 Å². The molecular formula is C16H10O3. The van der Waals surface area contributed by atoms with Crippen LogP contribution in [0.2, 0.25) is 0 Å². The van der Waals surface area contributed by atoms with Gasteiger partial charge in [0.25, 0.3) is 0 Å². The maximum atomic E-state index is 12.4. The van der Waals surface area contributed by atoms with Crippen LogP contribution in [0.15, 0.2) is 54.6 Å². The Kier molecular flexibility index (Phi) is 2.53. The molecule has 2 aromatic rings. The van der Waals surface area contributed by atoms with E-state index in [1.54, 1.807) is 36.4 Å². The van der Waals surface area contributed by atoms with Gasteiger partial charge < -0.3 is 5.11 Å². The summed E-state index contributed by atoms with van der Waals surface area (Å²) in [6, 6.07) is 13.1. The number of Topliss-reactive ketones (excluding diaryl/α,β-unsaturated/α-hetero) is 1. The second-order valence-electron chi connectivity index (χ2n) is 4.35. The second kappa shape index (κ2) is 4.21. The lowest BCUT2D eigenvalue weighted by atomic mass is 9.86. The Labute approximate surface area is 109 Å². The number of allylic oxidation sites excluding steroid dienone is 2. The Balaban J connectivity index is 2.16. The lowest BCUT2D eigenvalue weighted by molar-refractivity contribution is 0.100. The van der Waals surface area contributed by atoms with Crippen molar-refractivity contribution in [2.24, 2.45) is 0 Å². The highest BCUT2D eigenvalue weighted by Gasteiger charge is 2.25. The van der Waals surface area contributed by atoms with E-state index in [1.807, 2.05) is 0 Å². The van der Waals surface area contributed by atoms with Crippen molar-refractivity contribution < 1.29 is 14.7 Å². The zero-order chi connectivity index (χ0) is 13.4. The van der Waals surface area contributed by atoms with E-state index in [0.717, 1.165) is 0 Å². The Morgan fingerprint density at radius 3 is 2.32 bits per heavy atom. The van der Waals surface area contributed by atoms with Gasteiger partial charge in [0, 0.05) is 16.7 Å². The molecule has 0 saturated heterocycles. The number of ketones is 2. The Bertz CT molecular complexity index is 726. The fourth-order valence-electron chi connectivity index (χ4n) is 2.20. The third-order valence-corrected chi connectivity index (χ3v) is 3.11. The molecule has 0 unspecified atom stereocenters. The quantitative estimate of drug-likeness (QED) is 0.846. The summed E-state index contributed by atoms with van der Waals surface area (Å²) < 4.78 is 0. The highest BCUT2D eigenvalue weighted by atomic mass is 16.3. The van der Waals surface area contributed by atoms with Crippen LogP contribution < -0.4 is 0 Å². The molecule has 3 nitrogen and oxygen atoms in total. The minimum Gasteiger partial charge on any atom is -0.508 e. The number of hydrogen-bond donors (Lipinski definition) is 1. The molecule has 92 valence electrons. The highest BCUT2D eigenvalue weighted by molar-refractivity contribution is 6.38. The van der Waals surface area contributed by atoms with E-state index in [1.165, 1.54) is 18.2 Å². The number of rotatable bonds is 1. The molecule has 0 heterocycles. The zero-order valence-electron chi connectivity index (χ0n) is 9.96. The largest absolute Gasteiger partial charge is 0.508 e. The van der Waals surface area contributed by atoms with Crippen LogP contribution in [0.5, 0.6) is 5.75 Å². The summed E-state index contributed by atoms with van der Waals surface area (Å²) in [7, 11) is 0. The number of phenolic OH excluding ortho intramolecular Hbond substituents is 1. The van der Waals surface area contributed by atoms with E-state index in [9.17, 15) is 14.7 Å². The maximum absolute atomic E-state index is 12.4. The van der Waals surface area contributed by atoms with Crippen molar-refractivity contribution in [3.8, 4) is 5.75 Å². The van der Waals surface area contributed by atoms with E-state index >= 15 is 0 Å². The zero-order valence-corrected chi connectivity index (χ0v) is 9.96. The summed E-state index contributed by atoms with van der Waals surface area (Å²) >= 11 is 0. The lowest BCUT2D eigenvalue weighted by Crippen LogP contribution is -2.15. The minimum atomic E-state index is -0.194. The molecule has 0 bridgehead atoms. The smallest absolute Gasteiger partial charge is 0.194 e. The maximum Gasteiger partial charge on any atom is 0.194 e. The van der Waals surface area contributed by atoms with Crippen LogP contribution in [0.1, 0.15) is 26.3 Å². The fraction of sp³-hybridized carbons (Fsp3) is 0. The van der Waals surface area contributed by atoms with Crippen LogP contribution in [0.4, 0.5) is 0 Å². The first-order valence-corrected chi connectivity index (χ1v) is 5.86. The third kappa shape index (κ3) is 1.85. The third-order valence-electron chi connectivity index (χ3n) is 3.11. The van der Waals surface area contributed by atoms with E-state index in [2.05, 4.69) is 0 Å². The molecule has 3 heteroatoms. The SMILES string of the molecule is O=C1C=C(c2cccc(O)c2)C(=O)c2ccccc21. The van der Waals surface area contributed by atoms with Crippen molar-refractivity contribution in [2.75, 3.05) is 0 Å². The molecule has 0 aromatic heterocycles. The molecule has 0 saturated carbocycles. The number of fused-ring (bicyclic) bond motifs is 1. The molecule has 0 aliphatic heterocycles. The Morgan fingerprint density at radius 1 is 0.842 bits per heavy atom. The van der Waals surface area contributed by atoms with Crippen molar-refractivity contribution in [1.29, 1.82) is 0 Å². The van der Waals surface area contributed by atoms with Gasteiger partial charge in [-0.2, -0.15) is 0 Å². The Hall–Kier alpha value is -2.68. The van der Waals surface area contributed by atoms with Gasteiger partial charge in [0.2, 0.25) is 0 Å². The van der Waals surface area contributed by atoms with Crippen LogP contribution >= 0.6 is 0 Å². The van der Waals surface area contributed by atoms with Gasteiger partial charge in [-0.1, -0.05) is 36.4 Å². The molecule has 3 rings (SSSR count). The van der Waals surface area contributed by atoms with Crippen molar-refractivity contribution in [2.45, 2.75) is 0 Å². The van der Waals surface area contributed by atoms with Crippen molar-refractivity contribution in [3.63, 3.8) is 0 Å². The van der Waals surface area contributed by atoms with Crippen LogP contribution in [0.3, 0.4) is 0 Å². The first kappa shape index (κ1) is 11.4. The standard InChI is InChI=1S/C16H10O3/c17-11-5-3-4-10(8-11)14-9-15(18)12-6-1-2-7-13(12)16(14)19/h1-9,17H. The van der Waals surface area contributed by atoms with Gasteiger partial charge in [-0.25, -0.2) is 0 Å². The van der Waals surface area contributed by atoms with E-state index in [0.29, 0.717) is 22.3 Å². The summed E-state index contributed by atoms with van der Waals surface area (Å²) in [5.41, 5.74) is 1.71. The normalized spacial score (nSPS) is 14.0. The topological polar surface area (TPSA) is 54.4 Å². The van der Waals surface area contributed by atoms with Crippen molar-refractivity contribution >= 4 is 17.1 Å². The van der Waals surface area contributed by atoms with Crippen LogP contribution in [-0.4, -0.2) is 16.7 Å². The van der Waals surface area contributed by atoms with E-state index in [4.69, 9.17) is 0 Å². The van der Waals surface area contributed by atoms with Crippen LogP contribution in [0.25, 0.3) is 5.57 Å². The number of aromatic hydroxyl groups is 1. The molecule has 19 heavy (non-hydrogen) atoms. The molecule has 1 N–H and O–H groups in total. The number of phenols is 1. The van der Waals surface area contributed by atoms with Crippen LogP contribution in [0, 0.1) is 0 Å². The molecule has 1 aliphatic rings. The number of benzene rings is 2. The van der Waals surface area contributed by atoms with E-state index < -0.39 is 0 Å². The summed E-state index contributed by atoms with van der Waals surface area (Å²) in [5, 5.41) is 9.47. The van der Waals surface area contributed by atoms with Crippen molar-refractivity contribution in [1.82, 2.24) is 0 Å². The summed E-state index contributed by atoms with van der Waals surface area (Å²) in [6.45, 7) is 0. The average molecular weight is 250 g/mol. The molecule has 0 atom stereocenters. The van der Waals surface area contributed by atoms with E-state index in [-0.39, 0.29) is 17.3 Å². The number of carbonyl (C=O) groups is 2. The van der Waals surface area contributed by atoms with Gasteiger partial charge in [-0.15, -0.1) is 0 Å². The highest BCUT2D eigenvalue weighted by Crippen LogP contribution is 2.28. The van der Waals surface area contributed by atoms with Crippen LogP contribution in [-0.2, 0) is 0 Å². The molecule has 0 amide bonds. The molecule has 0 fully saturated rings. The van der Waals surface area contributed by atoms with Crippen molar-refractivity contribution in [3.05, 3.63) is 71.3 Å². The van der Waals surface area contributed by atoms with Gasteiger partial charge >= 0.3 is 0 Å². The molecular weight excluding hydrogens is 240 g/mol. The molecule has 0 spiro atoms. The number of carbonyl (C=O) groups excluding carboxylic acids is 2. The minimum absolute atomic E-state index is 0.0671. The van der Waals surface area contributed by atoms with Gasteiger partial charge in [0.1, 0.15) is 5.75 Å². The predicted octanol–water partition coefficient (Wildman–Crippen LogP) is 2.85. The number of hydrogen-bond acceptors (Lipinski definition) is 3.